The second-order valence-corrected chi connectivity index (χ2v) is 11.0. The minimum Gasteiger partial charge on any atom is -0.598 e. The molecule has 188 valence electrons. The molecule has 3 N–H and O–H groups in total. The monoisotopic (exact) mass is 498 g/mol. The molecular weight excluding hydrogens is 464 g/mol. The minimum atomic E-state index is -0.952. The Bertz CT molecular complexity index is 1030. The van der Waals surface area contributed by atoms with Crippen LogP contribution in [0.5, 0.6) is 0 Å². The molecule has 3 atom stereocenters. The maximum atomic E-state index is 11.9. The second-order valence-electron chi connectivity index (χ2n) is 9.68. The average molecular weight is 499 g/mol. The van der Waals surface area contributed by atoms with E-state index in [1.54, 1.807) is 6.26 Å². The van der Waals surface area contributed by atoms with Gasteiger partial charge in [-0.2, -0.15) is 20.3 Å². The van der Waals surface area contributed by atoms with Gasteiger partial charge in [0, 0.05) is 73.4 Å². The zero-order valence-corrected chi connectivity index (χ0v) is 21.2. The first-order chi connectivity index (χ1) is 17.0. The van der Waals surface area contributed by atoms with Crippen molar-refractivity contribution in [3.63, 3.8) is 0 Å². The lowest BCUT2D eigenvalue weighted by Crippen LogP contribution is -2.48. The predicted octanol–water partition coefficient (Wildman–Crippen LogP) is 1.99. The molecule has 3 aliphatic rings. The molecule has 3 saturated heterocycles. The van der Waals surface area contributed by atoms with Crippen molar-refractivity contribution in [3.8, 4) is 6.07 Å². The van der Waals surface area contributed by atoms with Crippen molar-refractivity contribution < 1.29 is 4.55 Å². The lowest BCUT2D eigenvalue weighted by atomic mass is 9.97. The molecule has 0 amide bonds. The quantitative estimate of drug-likeness (QED) is 0.464. The molecule has 5 heterocycles. The highest BCUT2D eigenvalue weighted by Crippen LogP contribution is 2.37. The molecule has 3 aliphatic heterocycles. The van der Waals surface area contributed by atoms with E-state index in [1.807, 2.05) is 23.4 Å². The van der Waals surface area contributed by atoms with Crippen molar-refractivity contribution in [2.75, 3.05) is 54.5 Å². The molecule has 3 fully saturated rings. The molecule has 5 rings (SSSR count). The largest absolute Gasteiger partial charge is 0.598 e. The number of nitrogens with one attached hydrogen (secondary N) is 3. The number of fused-ring (bicyclic) bond motifs is 2. The fourth-order valence-electron chi connectivity index (χ4n) is 5.63. The average Bonchev–Trinajstić information content (AvgIpc) is 3.35. The third-order valence-electron chi connectivity index (χ3n) is 7.30. The number of anilines is 4. The molecule has 0 aliphatic carbocycles. The molecule has 0 spiro atoms. The molecule has 35 heavy (non-hydrogen) atoms. The van der Waals surface area contributed by atoms with Crippen molar-refractivity contribution in [3.05, 3.63) is 17.8 Å². The van der Waals surface area contributed by atoms with Gasteiger partial charge in [0.15, 0.2) is 5.82 Å². The summed E-state index contributed by atoms with van der Waals surface area (Å²) in [6, 6.07) is 7.55. The van der Waals surface area contributed by atoms with Crippen molar-refractivity contribution in [1.29, 1.82) is 5.26 Å². The summed E-state index contributed by atoms with van der Waals surface area (Å²) in [5.74, 6) is 2.88. The number of hydrogen-bond acceptors (Lipinski definition) is 10. The van der Waals surface area contributed by atoms with Crippen LogP contribution in [0.4, 0.5) is 23.4 Å². The fourth-order valence-corrected chi connectivity index (χ4v) is 6.31. The number of nitrogens with zero attached hydrogens (tertiary/aromatic N) is 7. The Labute approximate surface area is 209 Å². The van der Waals surface area contributed by atoms with E-state index >= 15 is 0 Å². The van der Waals surface area contributed by atoms with Gasteiger partial charge in [0.25, 0.3) is 0 Å². The maximum absolute atomic E-state index is 11.9. The van der Waals surface area contributed by atoms with Crippen LogP contribution >= 0.6 is 0 Å². The number of nitriles is 1. The summed E-state index contributed by atoms with van der Waals surface area (Å²) in [7, 11) is 0. The SMILES string of the molecule is Cc1cc(Nc2cc(N3CCN([S+](C)[O-])CC3)nc(NC3CC4CCC(C3)N4CCC#N)n2)n[nH]1. The Morgan fingerprint density at radius 1 is 1.14 bits per heavy atom. The van der Waals surface area contributed by atoms with Crippen molar-refractivity contribution >= 4 is 34.8 Å². The van der Waals surface area contributed by atoms with E-state index in [-0.39, 0.29) is 0 Å². The summed E-state index contributed by atoms with van der Waals surface area (Å²) < 4.78 is 13.8. The zero-order chi connectivity index (χ0) is 24.4. The van der Waals surface area contributed by atoms with Crippen LogP contribution in [0.1, 0.15) is 37.8 Å². The van der Waals surface area contributed by atoms with Crippen LogP contribution < -0.4 is 15.5 Å². The molecule has 3 unspecified atom stereocenters. The highest BCUT2D eigenvalue weighted by molar-refractivity contribution is 7.88. The molecule has 2 aromatic rings. The minimum absolute atomic E-state index is 0.306. The number of aryl methyl sites for hydroxylation is 1. The van der Waals surface area contributed by atoms with E-state index in [2.05, 4.69) is 36.7 Å². The summed E-state index contributed by atoms with van der Waals surface area (Å²) in [4.78, 5) is 14.4. The van der Waals surface area contributed by atoms with E-state index in [0.717, 1.165) is 57.1 Å². The van der Waals surface area contributed by atoms with Gasteiger partial charge in [-0.3, -0.25) is 10.00 Å². The van der Waals surface area contributed by atoms with Crippen LogP contribution in [0.15, 0.2) is 12.1 Å². The van der Waals surface area contributed by atoms with Crippen LogP contribution in [0, 0.1) is 18.3 Å². The number of hydrogen-bond donors (Lipinski definition) is 3. The summed E-state index contributed by atoms with van der Waals surface area (Å²) in [5.41, 5.74) is 0.974. The molecule has 2 bridgehead atoms. The van der Waals surface area contributed by atoms with Crippen LogP contribution in [0.25, 0.3) is 0 Å². The van der Waals surface area contributed by atoms with Crippen molar-refractivity contribution in [2.45, 2.75) is 57.2 Å². The summed E-state index contributed by atoms with van der Waals surface area (Å²) in [6.07, 6.45) is 6.80. The topological polar surface area (TPSA) is 135 Å². The van der Waals surface area contributed by atoms with Crippen molar-refractivity contribution in [1.82, 2.24) is 29.4 Å². The Hall–Kier alpha value is -2.59. The van der Waals surface area contributed by atoms with Gasteiger partial charge in [-0.05, 0) is 32.6 Å². The normalized spacial score (nSPS) is 25.9. The third kappa shape index (κ3) is 5.64. The van der Waals surface area contributed by atoms with E-state index in [1.165, 1.54) is 12.8 Å². The van der Waals surface area contributed by atoms with E-state index < -0.39 is 11.4 Å². The van der Waals surface area contributed by atoms with Gasteiger partial charge < -0.3 is 20.1 Å². The highest BCUT2D eigenvalue weighted by atomic mass is 32.2. The van der Waals surface area contributed by atoms with Gasteiger partial charge in [0.05, 0.1) is 19.2 Å². The lowest BCUT2D eigenvalue weighted by molar-refractivity contribution is 0.135. The first kappa shape index (κ1) is 24.1. The van der Waals surface area contributed by atoms with Gasteiger partial charge in [0.1, 0.15) is 17.9 Å². The lowest BCUT2D eigenvalue weighted by Gasteiger charge is -2.39. The Kier molecular flexibility index (Phi) is 7.29. The molecule has 0 aromatic carbocycles. The Morgan fingerprint density at radius 2 is 1.89 bits per heavy atom. The zero-order valence-electron chi connectivity index (χ0n) is 20.4. The first-order valence-electron chi connectivity index (χ1n) is 12.4. The molecule has 11 nitrogen and oxygen atoms in total. The van der Waals surface area contributed by atoms with E-state index in [9.17, 15) is 4.55 Å². The second kappa shape index (κ2) is 10.6. The van der Waals surface area contributed by atoms with Crippen LogP contribution in [-0.4, -0.2) is 91.0 Å². The number of aromatic amines is 1. The number of aromatic nitrogens is 4. The van der Waals surface area contributed by atoms with Gasteiger partial charge in [-0.15, -0.1) is 4.31 Å². The third-order valence-corrected chi connectivity index (χ3v) is 8.39. The van der Waals surface area contributed by atoms with E-state index in [0.29, 0.717) is 42.1 Å². The summed E-state index contributed by atoms with van der Waals surface area (Å²) >= 11 is -0.952. The molecular formula is C23H34N10OS. The fraction of sp³-hybridized carbons (Fsp3) is 0.652. The highest BCUT2D eigenvalue weighted by Gasteiger charge is 2.40. The van der Waals surface area contributed by atoms with Gasteiger partial charge in [-0.25, -0.2) is 0 Å². The summed E-state index contributed by atoms with van der Waals surface area (Å²) in [6.45, 7) is 5.83. The number of piperazine rings is 1. The predicted molar refractivity (Wildman–Crippen MR) is 137 cm³/mol. The number of piperidine rings is 1. The standard InChI is InChI=1S/C23H34N10OS/c1-16-12-21(30-29-16)26-20-15-22(31-8-10-32(11-9-31)35(2)34)28-23(27-20)25-17-13-18-4-5-19(14-17)33(18)7-3-6-24/h12,15,17-19H,3-5,7-11,13-14H2,1-2H3,(H3,25,26,27,28,29,30). The molecule has 12 heteroatoms. The number of H-pyrrole nitrogens is 1. The Morgan fingerprint density at radius 3 is 2.51 bits per heavy atom. The Balaban J connectivity index is 1.32. The molecule has 0 saturated carbocycles. The summed E-state index contributed by atoms with van der Waals surface area (Å²) in [5, 5.41) is 23.2. The van der Waals surface area contributed by atoms with Gasteiger partial charge in [-0.1, -0.05) is 0 Å². The van der Waals surface area contributed by atoms with Gasteiger partial charge >= 0.3 is 0 Å². The molecule has 0 radical (unpaired) electrons. The van der Waals surface area contributed by atoms with Crippen molar-refractivity contribution in [2.24, 2.45) is 0 Å². The van der Waals surface area contributed by atoms with Crippen LogP contribution in [0.3, 0.4) is 0 Å². The van der Waals surface area contributed by atoms with E-state index in [4.69, 9.17) is 15.2 Å². The van der Waals surface area contributed by atoms with Gasteiger partial charge in [0.2, 0.25) is 5.95 Å². The van der Waals surface area contributed by atoms with Crippen LogP contribution in [0.2, 0.25) is 0 Å². The smallest absolute Gasteiger partial charge is 0.226 e. The maximum Gasteiger partial charge on any atom is 0.226 e. The van der Waals surface area contributed by atoms with Crippen LogP contribution in [-0.2, 0) is 11.4 Å². The number of rotatable bonds is 8. The molecule has 2 aromatic heterocycles. The first-order valence-corrected chi connectivity index (χ1v) is 13.9.